The molecular weight excluding hydrogens is 392 g/mol. The first kappa shape index (κ1) is 17.0. The van der Waals surface area contributed by atoms with E-state index in [-0.39, 0.29) is 0 Å². The van der Waals surface area contributed by atoms with Crippen LogP contribution in [0.25, 0.3) is 64.3 Å². The van der Waals surface area contributed by atoms with Gasteiger partial charge in [-0.1, -0.05) is 60.7 Å². The predicted molar refractivity (Wildman–Crippen MR) is 137 cm³/mol. The van der Waals surface area contributed by atoms with Gasteiger partial charge in [-0.2, -0.15) is 0 Å². The molecule has 144 valence electrons. The van der Waals surface area contributed by atoms with Crippen molar-refractivity contribution < 1.29 is 0 Å². The van der Waals surface area contributed by atoms with Gasteiger partial charge in [0.1, 0.15) is 0 Å². The standard InChI is InChI=1S/C30H18S/c1-2-6-20-14-25-17-27-23(16-24(25)13-19(20)5-1)11-10-22-15-21-7-3-8-26(28(21)18-29(22)27)30-9-4-12-31-30/h1-18H. The fourth-order valence-corrected chi connectivity index (χ4v) is 5.69. The zero-order chi connectivity index (χ0) is 20.4. The van der Waals surface area contributed by atoms with Gasteiger partial charge < -0.3 is 0 Å². The van der Waals surface area contributed by atoms with E-state index < -0.39 is 0 Å². The van der Waals surface area contributed by atoms with Gasteiger partial charge in [-0.05, 0) is 107 Å². The Labute approximate surface area is 184 Å². The highest BCUT2D eigenvalue weighted by molar-refractivity contribution is 7.13. The molecule has 0 saturated heterocycles. The molecule has 0 amide bonds. The Balaban J connectivity index is 1.60. The summed E-state index contributed by atoms with van der Waals surface area (Å²) in [6.07, 6.45) is 0. The van der Waals surface area contributed by atoms with Crippen molar-refractivity contribution >= 4 is 65.2 Å². The van der Waals surface area contributed by atoms with Crippen molar-refractivity contribution in [2.45, 2.75) is 0 Å². The third kappa shape index (κ3) is 2.60. The van der Waals surface area contributed by atoms with Crippen molar-refractivity contribution in [2.24, 2.45) is 0 Å². The molecule has 31 heavy (non-hydrogen) atoms. The van der Waals surface area contributed by atoms with Crippen molar-refractivity contribution in [3.63, 3.8) is 0 Å². The van der Waals surface area contributed by atoms with Crippen molar-refractivity contribution in [1.82, 2.24) is 0 Å². The van der Waals surface area contributed by atoms with Gasteiger partial charge in [0.05, 0.1) is 0 Å². The van der Waals surface area contributed by atoms with E-state index in [1.54, 1.807) is 11.3 Å². The van der Waals surface area contributed by atoms with E-state index in [0.717, 1.165) is 0 Å². The molecule has 7 rings (SSSR count). The molecule has 0 nitrogen and oxygen atoms in total. The Morgan fingerprint density at radius 1 is 0.387 bits per heavy atom. The van der Waals surface area contributed by atoms with Crippen LogP contribution in [0.4, 0.5) is 0 Å². The van der Waals surface area contributed by atoms with Crippen LogP contribution in [0.5, 0.6) is 0 Å². The number of benzene rings is 6. The summed E-state index contributed by atoms with van der Waals surface area (Å²) in [6.45, 7) is 0. The highest BCUT2D eigenvalue weighted by Gasteiger charge is 2.09. The molecule has 1 heteroatoms. The molecule has 7 aromatic rings. The normalized spacial score (nSPS) is 11.9. The fraction of sp³-hybridized carbons (Fsp3) is 0. The van der Waals surface area contributed by atoms with Gasteiger partial charge in [0.2, 0.25) is 0 Å². The average molecular weight is 411 g/mol. The highest BCUT2D eigenvalue weighted by Crippen LogP contribution is 2.37. The third-order valence-electron chi connectivity index (χ3n) is 6.44. The van der Waals surface area contributed by atoms with Crippen LogP contribution in [0, 0.1) is 0 Å². The van der Waals surface area contributed by atoms with Crippen LogP contribution < -0.4 is 0 Å². The number of hydrogen-bond acceptors (Lipinski definition) is 1. The van der Waals surface area contributed by atoms with Crippen LogP contribution in [-0.2, 0) is 0 Å². The summed E-state index contributed by atoms with van der Waals surface area (Å²) >= 11 is 1.80. The van der Waals surface area contributed by atoms with Crippen LogP contribution in [0.2, 0.25) is 0 Å². The van der Waals surface area contributed by atoms with E-state index in [2.05, 4.69) is 109 Å². The molecule has 0 N–H and O–H groups in total. The van der Waals surface area contributed by atoms with Gasteiger partial charge in [0, 0.05) is 4.88 Å². The lowest BCUT2D eigenvalue weighted by Gasteiger charge is -2.11. The second-order valence-electron chi connectivity index (χ2n) is 8.26. The average Bonchev–Trinajstić information content (AvgIpc) is 3.34. The SMILES string of the molecule is c1csc(-c2cccc3cc4ccc5cc6cc7ccccc7cc6cc5c4cc23)c1. The molecule has 0 saturated carbocycles. The zero-order valence-corrected chi connectivity index (χ0v) is 17.6. The largest absolute Gasteiger partial charge is 0.144 e. The molecule has 0 spiro atoms. The number of fused-ring (bicyclic) bond motifs is 6. The molecule has 0 aliphatic rings. The molecule has 1 aromatic heterocycles. The quantitative estimate of drug-likeness (QED) is 0.187. The Bertz CT molecular complexity index is 1770. The molecule has 0 fully saturated rings. The van der Waals surface area contributed by atoms with Gasteiger partial charge in [-0.3, -0.25) is 0 Å². The van der Waals surface area contributed by atoms with E-state index >= 15 is 0 Å². The van der Waals surface area contributed by atoms with Gasteiger partial charge in [-0.25, -0.2) is 0 Å². The topological polar surface area (TPSA) is 0 Å². The summed E-state index contributed by atoms with van der Waals surface area (Å²) in [7, 11) is 0. The first-order valence-electron chi connectivity index (χ1n) is 10.6. The number of thiophene rings is 1. The van der Waals surface area contributed by atoms with Gasteiger partial charge in [-0.15, -0.1) is 11.3 Å². The fourth-order valence-electron chi connectivity index (χ4n) is 4.92. The molecule has 0 radical (unpaired) electrons. The van der Waals surface area contributed by atoms with E-state index in [9.17, 15) is 0 Å². The summed E-state index contributed by atoms with van der Waals surface area (Å²) < 4.78 is 0. The maximum absolute atomic E-state index is 2.40. The molecule has 0 aliphatic heterocycles. The summed E-state index contributed by atoms with van der Waals surface area (Å²) in [5.74, 6) is 0. The Hall–Kier alpha value is -3.68. The number of rotatable bonds is 1. The molecule has 6 aromatic carbocycles. The molecule has 1 heterocycles. The summed E-state index contributed by atoms with van der Waals surface area (Å²) in [5, 5.41) is 15.2. The Kier molecular flexibility index (Phi) is 3.52. The van der Waals surface area contributed by atoms with Crippen LogP contribution in [0.1, 0.15) is 0 Å². The molecule has 0 aliphatic carbocycles. The van der Waals surface area contributed by atoms with E-state index in [4.69, 9.17) is 0 Å². The number of hydrogen-bond donors (Lipinski definition) is 0. The minimum absolute atomic E-state index is 1.29. The molecule has 0 unspecified atom stereocenters. The first-order chi connectivity index (χ1) is 15.3. The summed E-state index contributed by atoms with van der Waals surface area (Å²) in [6, 6.07) is 38.2. The van der Waals surface area contributed by atoms with Crippen molar-refractivity contribution in [3.05, 3.63) is 109 Å². The second-order valence-corrected chi connectivity index (χ2v) is 9.21. The Morgan fingerprint density at radius 2 is 1.00 bits per heavy atom. The van der Waals surface area contributed by atoms with Crippen molar-refractivity contribution in [2.75, 3.05) is 0 Å². The minimum Gasteiger partial charge on any atom is -0.144 e. The van der Waals surface area contributed by atoms with E-state index in [1.807, 2.05) is 0 Å². The summed E-state index contributed by atoms with van der Waals surface area (Å²) in [5.41, 5.74) is 1.32. The highest BCUT2D eigenvalue weighted by atomic mass is 32.1. The molecule has 0 bridgehead atoms. The van der Waals surface area contributed by atoms with Gasteiger partial charge in [0.15, 0.2) is 0 Å². The lowest BCUT2D eigenvalue weighted by Crippen LogP contribution is -1.84. The smallest absolute Gasteiger partial charge is 0.0348 e. The van der Waals surface area contributed by atoms with Crippen LogP contribution in [-0.4, -0.2) is 0 Å². The maximum Gasteiger partial charge on any atom is 0.0348 e. The lowest BCUT2D eigenvalue weighted by molar-refractivity contribution is 1.77. The van der Waals surface area contributed by atoms with Crippen LogP contribution >= 0.6 is 11.3 Å². The summed E-state index contributed by atoms with van der Waals surface area (Å²) in [4.78, 5) is 1.32. The maximum atomic E-state index is 2.40. The minimum atomic E-state index is 1.29. The van der Waals surface area contributed by atoms with Crippen molar-refractivity contribution in [3.8, 4) is 10.4 Å². The first-order valence-corrected chi connectivity index (χ1v) is 11.5. The van der Waals surface area contributed by atoms with Crippen LogP contribution in [0.15, 0.2) is 109 Å². The second kappa shape index (κ2) is 6.41. The van der Waals surface area contributed by atoms with E-state index in [1.165, 1.54) is 64.3 Å². The van der Waals surface area contributed by atoms with Crippen molar-refractivity contribution in [1.29, 1.82) is 0 Å². The van der Waals surface area contributed by atoms with Gasteiger partial charge in [0.25, 0.3) is 0 Å². The zero-order valence-electron chi connectivity index (χ0n) is 16.8. The predicted octanol–water partition coefficient (Wildman–Crippen LogP) is 9.18. The van der Waals surface area contributed by atoms with Gasteiger partial charge >= 0.3 is 0 Å². The lowest BCUT2D eigenvalue weighted by atomic mass is 9.93. The van der Waals surface area contributed by atoms with Crippen LogP contribution in [0.3, 0.4) is 0 Å². The Morgan fingerprint density at radius 3 is 1.74 bits per heavy atom. The molecular formula is C30H18S. The van der Waals surface area contributed by atoms with E-state index in [0.29, 0.717) is 0 Å². The molecule has 0 atom stereocenters. The monoisotopic (exact) mass is 410 g/mol. The third-order valence-corrected chi connectivity index (χ3v) is 7.35.